The van der Waals surface area contributed by atoms with Crippen LogP contribution in [0.3, 0.4) is 0 Å². The molecule has 1 aliphatic rings. The predicted octanol–water partition coefficient (Wildman–Crippen LogP) is 4.90. The number of pyridine rings is 1. The SMILES string of the molecule is CC1CCCCC1N(C)Cc1cc2ccccc2nc1Cl. The van der Waals surface area contributed by atoms with Gasteiger partial charge in [0.2, 0.25) is 0 Å². The van der Waals surface area contributed by atoms with Gasteiger partial charge in [0.1, 0.15) is 5.15 Å². The lowest BCUT2D eigenvalue weighted by Gasteiger charge is -2.36. The van der Waals surface area contributed by atoms with Gasteiger partial charge < -0.3 is 0 Å². The van der Waals surface area contributed by atoms with Crippen LogP contribution in [0, 0.1) is 5.92 Å². The summed E-state index contributed by atoms with van der Waals surface area (Å²) in [7, 11) is 2.22. The molecule has 0 bridgehead atoms. The van der Waals surface area contributed by atoms with Crippen molar-refractivity contribution in [2.75, 3.05) is 7.05 Å². The number of para-hydroxylation sites is 1. The van der Waals surface area contributed by atoms with Crippen molar-refractivity contribution in [3.05, 3.63) is 41.0 Å². The molecule has 3 heteroatoms. The highest BCUT2D eigenvalue weighted by molar-refractivity contribution is 6.30. The first-order valence-electron chi connectivity index (χ1n) is 7.89. The van der Waals surface area contributed by atoms with Crippen LogP contribution in [0.5, 0.6) is 0 Å². The van der Waals surface area contributed by atoms with Crippen LogP contribution in [-0.2, 0) is 6.54 Å². The first-order chi connectivity index (χ1) is 10.1. The lowest BCUT2D eigenvalue weighted by atomic mass is 9.85. The first kappa shape index (κ1) is 14.8. The number of fused-ring (bicyclic) bond motifs is 1. The molecule has 0 aliphatic heterocycles. The molecule has 21 heavy (non-hydrogen) atoms. The van der Waals surface area contributed by atoms with E-state index in [2.05, 4.69) is 42.1 Å². The smallest absolute Gasteiger partial charge is 0.134 e. The number of benzene rings is 1. The Bertz CT molecular complexity index is 626. The van der Waals surface area contributed by atoms with Crippen molar-refractivity contribution in [2.45, 2.75) is 45.2 Å². The zero-order valence-electron chi connectivity index (χ0n) is 12.8. The van der Waals surface area contributed by atoms with E-state index in [0.717, 1.165) is 23.5 Å². The summed E-state index contributed by atoms with van der Waals surface area (Å²) in [5, 5.41) is 1.81. The zero-order valence-corrected chi connectivity index (χ0v) is 13.6. The Hall–Kier alpha value is -1.12. The van der Waals surface area contributed by atoms with Crippen LogP contribution in [0.4, 0.5) is 0 Å². The van der Waals surface area contributed by atoms with Gasteiger partial charge in [0.05, 0.1) is 5.52 Å². The Morgan fingerprint density at radius 1 is 1.24 bits per heavy atom. The Morgan fingerprint density at radius 2 is 2.00 bits per heavy atom. The molecule has 2 nitrogen and oxygen atoms in total. The number of nitrogens with zero attached hydrogens (tertiary/aromatic N) is 2. The second kappa shape index (κ2) is 6.33. The molecule has 112 valence electrons. The molecule has 0 radical (unpaired) electrons. The highest BCUT2D eigenvalue weighted by atomic mass is 35.5. The topological polar surface area (TPSA) is 16.1 Å². The number of hydrogen-bond donors (Lipinski definition) is 0. The standard InChI is InChI=1S/C18H23ClN2/c1-13-7-3-6-10-17(13)21(2)12-15-11-14-8-4-5-9-16(14)20-18(15)19/h4-5,8-9,11,13,17H,3,6-7,10,12H2,1-2H3. The van der Waals surface area contributed by atoms with Crippen LogP contribution in [0.15, 0.2) is 30.3 Å². The van der Waals surface area contributed by atoms with Crippen molar-refractivity contribution < 1.29 is 0 Å². The molecule has 2 unspecified atom stereocenters. The molecule has 1 aromatic carbocycles. The third-order valence-electron chi connectivity index (χ3n) is 4.80. The normalized spacial score (nSPS) is 22.9. The van der Waals surface area contributed by atoms with Crippen LogP contribution < -0.4 is 0 Å². The van der Waals surface area contributed by atoms with E-state index >= 15 is 0 Å². The molecule has 3 rings (SSSR count). The molecular formula is C18H23ClN2. The first-order valence-corrected chi connectivity index (χ1v) is 8.27. The average Bonchev–Trinajstić information content (AvgIpc) is 2.48. The second-order valence-electron chi connectivity index (χ2n) is 6.38. The third-order valence-corrected chi connectivity index (χ3v) is 5.13. The van der Waals surface area contributed by atoms with Gasteiger partial charge in [0.25, 0.3) is 0 Å². The summed E-state index contributed by atoms with van der Waals surface area (Å²) in [5.41, 5.74) is 2.11. The summed E-state index contributed by atoms with van der Waals surface area (Å²) in [6, 6.07) is 11.0. The van der Waals surface area contributed by atoms with Crippen LogP contribution in [0.1, 0.15) is 38.2 Å². The van der Waals surface area contributed by atoms with E-state index in [1.165, 1.54) is 31.1 Å². The summed E-state index contributed by atoms with van der Waals surface area (Å²) in [4.78, 5) is 6.99. The zero-order chi connectivity index (χ0) is 14.8. The molecule has 0 spiro atoms. The minimum Gasteiger partial charge on any atom is -0.299 e. The fourth-order valence-corrected chi connectivity index (χ4v) is 3.79. The molecule has 1 fully saturated rings. The Morgan fingerprint density at radius 3 is 2.81 bits per heavy atom. The van der Waals surface area contributed by atoms with Crippen molar-refractivity contribution in [3.8, 4) is 0 Å². The maximum absolute atomic E-state index is 6.38. The van der Waals surface area contributed by atoms with E-state index in [9.17, 15) is 0 Å². The van der Waals surface area contributed by atoms with Gasteiger partial charge in [-0.3, -0.25) is 4.90 Å². The summed E-state index contributed by atoms with van der Waals surface area (Å²) in [6.07, 6.45) is 5.38. The summed E-state index contributed by atoms with van der Waals surface area (Å²) in [5.74, 6) is 0.774. The van der Waals surface area contributed by atoms with Crippen LogP contribution >= 0.6 is 11.6 Å². The molecule has 0 saturated heterocycles. The van der Waals surface area contributed by atoms with Gasteiger partial charge in [-0.05, 0) is 37.9 Å². The van der Waals surface area contributed by atoms with Crippen molar-refractivity contribution in [1.29, 1.82) is 0 Å². The fraction of sp³-hybridized carbons (Fsp3) is 0.500. The molecular weight excluding hydrogens is 280 g/mol. The monoisotopic (exact) mass is 302 g/mol. The van der Waals surface area contributed by atoms with Crippen LogP contribution in [-0.4, -0.2) is 23.0 Å². The van der Waals surface area contributed by atoms with Crippen molar-refractivity contribution in [1.82, 2.24) is 9.88 Å². The molecule has 1 saturated carbocycles. The number of halogens is 1. The molecule has 1 aliphatic carbocycles. The van der Waals surface area contributed by atoms with E-state index < -0.39 is 0 Å². The molecule has 2 atom stereocenters. The van der Waals surface area contributed by atoms with E-state index in [-0.39, 0.29) is 0 Å². The van der Waals surface area contributed by atoms with Gasteiger partial charge in [-0.2, -0.15) is 0 Å². The molecule has 1 heterocycles. The van der Waals surface area contributed by atoms with Crippen molar-refractivity contribution in [3.63, 3.8) is 0 Å². The highest BCUT2D eigenvalue weighted by Crippen LogP contribution is 2.29. The van der Waals surface area contributed by atoms with Crippen molar-refractivity contribution in [2.24, 2.45) is 5.92 Å². The highest BCUT2D eigenvalue weighted by Gasteiger charge is 2.25. The Labute approximate surface area is 132 Å². The average molecular weight is 303 g/mol. The van der Waals surface area contributed by atoms with Gasteiger partial charge in [-0.15, -0.1) is 0 Å². The molecule has 2 aromatic rings. The summed E-state index contributed by atoms with van der Waals surface area (Å²) in [6.45, 7) is 3.26. The van der Waals surface area contributed by atoms with E-state index in [0.29, 0.717) is 11.2 Å². The maximum Gasteiger partial charge on any atom is 0.134 e. The van der Waals surface area contributed by atoms with Gasteiger partial charge >= 0.3 is 0 Å². The second-order valence-corrected chi connectivity index (χ2v) is 6.73. The third kappa shape index (κ3) is 3.22. The van der Waals surface area contributed by atoms with Gasteiger partial charge in [0, 0.05) is 23.5 Å². The Balaban J connectivity index is 1.82. The van der Waals surface area contributed by atoms with Gasteiger partial charge in [-0.1, -0.05) is 49.6 Å². The number of rotatable bonds is 3. The van der Waals surface area contributed by atoms with Crippen LogP contribution in [0.25, 0.3) is 10.9 Å². The van der Waals surface area contributed by atoms with Gasteiger partial charge in [-0.25, -0.2) is 4.98 Å². The summed E-state index contributed by atoms with van der Waals surface area (Å²) < 4.78 is 0. The Kier molecular flexibility index (Phi) is 4.46. The predicted molar refractivity (Wildman–Crippen MR) is 89.6 cm³/mol. The molecule has 1 aromatic heterocycles. The van der Waals surface area contributed by atoms with Gasteiger partial charge in [0.15, 0.2) is 0 Å². The number of aromatic nitrogens is 1. The van der Waals surface area contributed by atoms with E-state index in [1.807, 2.05) is 12.1 Å². The minimum atomic E-state index is 0.643. The van der Waals surface area contributed by atoms with Crippen molar-refractivity contribution >= 4 is 22.5 Å². The largest absolute Gasteiger partial charge is 0.299 e. The maximum atomic E-state index is 6.38. The van der Waals surface area contributed by atoms with E-state index in [1.54, 1.807) is 0 Å². The quantitative estimate of drug-likeness (QED) is 0.750. The molecule has 0 amide bonds. The van der Waals surface area contributed by atoms with E-state index in [4.69, 9.17) is 11.6 Å². The lowest BCUT2D eigenvalue weighted by molar-refractivity contribution is 0.133. The minimum absolute atomic E-state index is 0.643. The lowest BCUT2D eigenvalue weighted by Crippen LogP contribution is -2.38. The summed E-state index contributed by atoms with van der Waals surface area (Å²) >= 11 is 6.38. The van der Waals surface area contributed by atoms with Crippen LogP contribution in [0.2, 0.25) is 5.15 Å². The fourth-order valence-electron chi connectivity index (χ4n) is 3.58. The molecule has 0 N–H and O–H groups in total. The number of hydrogen-bond acceptors (Lipinski definition) is 2.